The summed E-state index contributed by atoms with van der Waals surface area (Å²) in [6.45, 7) is 4.04. The maximum atomic E-state index is 12.2. The van der Waals surface area contributed by atoms with Crippen LogP contribution in [0.3, 0.4) is 0 Å². The van der Waals surface area contributed by atoms with E-state index in [1.54, 1.807) is 0 Å². The van der Waals surface area contributed by atoms with Crippen molar-refractivity contribution >= 4 is 21.6 Å². The molecule has 0 saturated carbocycles. The first kappa shape index (κ1) is 15.4. The minimum absolute atomic E-state index is 0.0507. The highest BCUT2D eigenvalue weighted by molar-refractivity contribution is 7.89. The Morgan fingerprint density at radius 3 is 2.44 bits per heavy atom. The zero-order valence-electron chi connectivity index (χ0n) is 10.5. The van der Waals surface area contributed by atoms with Gasteiger partial charge in [0.15, 0.2) is 0 Å². The van der Waals surface area contributed by atoms with Crippen LogP contribution in [0, 0.1) is 0 Å². The predicted molar refractivity (Wildman–Crippen MR) is 71.9 cm³/mol. The van der Waals surface area contributed by atoms with Gasteiger partial charge in [-0.3, -0.25) is 4.98 Å². The highest BCUT2D eigenvalue weighted by atomic mass is 35.5. The number of hydrogen-bond acceptors (Lipinski definition) is 4. The second-order valence-corrected chi connectivity index (χ2v) is 6.25. The Morgan fingerprint density at radius 2 is 2.00 bits per heavy atom. The normalized spacial score (nSPS) is 12.7. The molecule has 5 nitrogen and oxygen atoms in total. The summed E-state index contributed by atoms with van der Waals surface area (Å²) in [6.07, 6.45) is 3.89. The molecule has 0 aliphatic heterocycles. The third-order valence-electron chi connectivity index (χ3n) is 3.09. The van der Waals surface area contributed by atoms with E-state index in [2.05, 4.69) is 9.71 Å². The standard InChI is InChI=1S/C11H18ClN3O2S/c1-3-11(4-2,8-13)15-18(16,17)10-5-9(12)6-14-7-10/h5-7,15H,3-4,8,13H2,1-2H3. The van der Waals surface area contributed by atoms with Gasteiger partial charge in [-0.2, -0.15) is 0 Å². The van der Waals surface area contributed by atoms with Crippen molar-refractivity contribution in [1.82, 2.24) is 9.71 Å². The smallest absolute Gasteiger partial charge is 0.242 e. The summed E-state index contributed by atoms with van der Waals surface area (Å²) in [7, 11) is -3.65. The minimum Gasteiger partial charge on any atom is -0.329 e. The van der Waals surface area contributed by atoms with Crippen LogP contribution in [0.5, 0.6) is 0 Å². The highest BCUT2D eigenvalue weighted by Gasteiger charge is 2.30. The quantitative estimate of drug-likeness (QED) is 0.832. The van der Waals surface area contributed by atoms with Crippen LogP contribution in [0.2, 0.25) is 5.02 Å². The van der Waals surface area contributed by atoms with Crippen molar-refractivity contribution in [2.45, 2.75) is 37.1 Å². The minimum atomic E-state index is -3.65. The van der Waals surface area contributed by atoms with E-state index in [0.29, 0.717) is 12.8 Å². The van der Waals surface area contributed by atoms with Crippen molar-refractivity contribution in [3.8, 4) is 0 Å². The first-order valence-electron chi connectivity index (χ1n) is 5.73. The van der Waals surface area contributed by atoms with Crippen LogP contribution in [-0.2, 0) is 10.0 Å². The van der Waals surface area contributed by atoms with Gasteiger partial charge in [0.05, 0.1) is 5.02 Å². The van der Waals surface area contributed by atoms with E-state index in [4.69, 9.17) is 17.3 Å². The molecule has 0 unspecified atom stereocenters. The molecular formula is C11H18ClN3O2S. The number of nitrogens with zero attached hydrogens (tertiary/aromatic N) is 1. The Labute approximate surface area is 113 Å². The van der Waals surface area contributed by atoms with Gasteiger partial charge in [0.25, 0.3) is 0 Å². The molecule has 0 radical (unpaired) electrons. The fourth-order valence-electron chi connectivity index (χ4n) is 1.61. The third kappa shape index (κ3) is 3.41. The molecule has 0 aliphatic rings. The van der Waals surface area contributed by atoms with Crippen molar-refractivity contribution < 1.29 is 8.42 Å². The molecule has 1 rings (SSSR count). The molecule has 3 N–H and O–H groups in total. The summed E-state index contributed by atoms with van der Waals surface area (Å²) in [6, 6.07) is 1.36. The van der Waals surface area contributed by atoms with Crippen LogP contribution in [-0.4, -0.2) is 25.5 Å². The van der Waals surface area contributed by atoms with Crippen LogP contribution in [0.25, 0.3) is 0 Å². The Kier molecular flexibility index (Phi) is 5.10. The lowest BCUT2D eigenvalue weighted by Crippen LogP contribution is -2.52. The topological polar surface area (TPSA) is 85.1 Å². The van der Waals surface area contributed by atoms with Gasteiger partial charge in [0.1, 0.15) is 4.90 Å². The lowest BCUT2D eigenvalue weighted by Gasteiger charge is -2.30. The maximum absolute atomic E-state index is 12.2. The van der Waals surface area contributed by atoms with Gasteiger partial charge >= 0.3 is 0 Å². The van der Waals surface area contributed by atoms with E-state index in [9.17, 15) is 8.42 Å². The maximum Gasteiger partial charge on any atom is 0.242 e. The van der Waals surface area contributed by atoms with E-state index in [1.807, 2.05) is 13.8 Å². The Bertz CT molecular complexity index is 493. The van der Waals surface area contributed by atoms with Crippen molar-refractivity contribution in [3.05, 3.63) is 23.5 Å². The Hall–Kier alpha value is -0.690. The van der Waals surface area contributed by atoms with Gasteiger partial charge in [-0.05, 0) is 18.9 Å². The average Bonchev–Trinajstić information content (AvgIpc) is 2.36. The third-order valence-corrected chi connectivity index (χ3v) is 4.84. The molecule has 0 aromatic carbocycles. The van der Waals surface area contributed by atoms with Crippen molar-refractivity contribution in [3.63, 3.8) is 0 Å². The molecule has 1 aromatic heterocycles. The van der Waals surface area contributed by atoms with E-state index in [-0.39, 0.29) is 16.5 Å². The van der Waals surface area contributed by atoms with E-state index in [0.717, 1.165) is 0 Å². The molecule has 0 amide bonds. The van der Waals surface area contributed by atoms with Crippen LogP contribution in [0.1, 0.15) is 26.7 Å². The number of rotatable bonds is 6. The Morgan fingerprint density at radius 1 is 1.39 bits per heavy atom. The number of nitrogens with one attached hydrogen (secondary N) is 1. The van der Waals surface area contributed by atoms with Gasteiger partial charge in [0.2, 0.25) is 10.0 Å². The molecule has 7 heteroatoms. The van der Waals surface area contributed by atoms with E-state index >= 15 is 0 Å². The second kappa shape index (κ2) is 5.97. The number of hydrogen-bond donors (Lipinski definition) is 2. The number of aromatic nitrogens is 1. The summed E-state index contributed by atoms with van der Waals surface area (Å²) in [5.41, 5.74) is 5.05. The number of nitrogens with two attached hydrogens (primary N) is 1. The largest absolute Gasteiger partial charge is 0.329 e. The molecule has 0 bridgehead atoms. The van der Waals surface area contributed by atoms with E-state index in [1.165, 1.54) is 18.5 Å². The zero-order chi connectivity index (χ0) is 13.8. The Balaban J connectivity index is 3.08. The highest BCUT2D eigenvalue weighted by Crippen LogP contribution is 2.19. The summed E-state index contributed by atoms with van der Waals surface area (Å²) < 4.78 is 27.1. The van der Waals surface area contributed by atoms with Gasteiger partial charge < -0.3 is 5.73 Å². The zero-order valence-corrected chi connectivity index (χ0v) is 12.1. The lowest BCUT2D eigenvalue weighted by molar-refractivity contribution is 0.363. The van der Waals surface area contributed by atoms with Crippen molar-refractivity contribution in [2.24, 2.45) is 5.73 Å². The monoisotopic (exact) mass is 291 g/mol. The molecule has 0 atom stereocenters. The van der Waals surface area contributed by atoms with Gasteiger partial charge in [-0.25, -0.2) is 13.1 Å². The van der Waals surface area contributed by atoms with Crippen molar-refractivity contribution in [2.75, 3.05) is 6.54 Å². The lowest BCUT2D eigenvalue weighted by atomic mass is 9.95. The predicted octanol–water partition coefficient (Wildman–Crippen LogP) is 1.53. The van der Waals surface area contributed by atoms with Crippen LogP contribution < -0.4 is 10.5 Å². The average molecular weight is 292 g/mol. The van der Waals surface area contributed by atoms with Gasteiger partial charge in [-0.1, -0.05) is 25.4 Å². The second-order valence-electron chi connectivity index (χ2n) is 4.14. The molecule has 1 heterocycles. The van der Waals surface area contributed by atoms with Crippen LogP contribution >= 0.6 is 11.6 Å². The SMILES string of the molecule is CCC(CC)(CN)NS(=O)(=O)c1cncc(Cl)c1. The van der Waals surface area contributed by atoms with Gasteiger partial charge in [0, 0.05) is 24.5 Å². The van der Waals surface area contributed by atoms with Gasteiger partial charge in [-0.15, -0.1) is 0 Å². The molecule has 1 aromatic rings. The number of pyridine rings is 1. The van der Waals surface area contributed by atoms with E-state index < -0.39 is 15.6 Å². The molecule has 0 fully saturated rings. The molecule has 0 aliphatic carbocycles. The van der Waals surface area contributed by atoms with Crippen LogP contribution in [0.15, 0.2) is 23.4 Å². The first-order valence-corrected chi connectivity index (χ1v) is 7.60. The summed E-state index contributed by atoms with van der Waals surface area (Å²) in [4.78, 5) is 3.83. The molecule has 0 spiro atoms. The fraction of sp³-hybridized carbons (Fsp3) is 0.545. The fourth-order valence-corrected chi connectivity index (χ4v) is 3.39. The number of halogens is 1. The summed E-state index contributed by atoms with van der Waals surface area (Å²) in [5.74, 6) is 0. The molecule has 102 valence electrons. The van der Waals surface area contributed by atoms with Crippen LogP contribution in [0.4, 0.5) is 0 Å². The summed E-state index contributed by atoms with van der Waals surface area (Å²) in [5, 5.41) is 0.282. The molecule has 0 saturated heterocycles. The molecular weight excluding hydrogens is 274 g/mol. The van der Waals surface area contributed by atoms with Crippen molar-refractivity contribution in [1.29, 1.82) is 0 Å². The first-order chi connectivity index (χ1) is 8.39. The molecule has 18 heavy (non-hydrogen) atoms. The number of sulfonamides is 1. The summed E-state index contributed by atoms with van der Waals surface area (Å²) >= 11 is 5.74.